The van der Waals surface area contributed by atoms with Gasteiger partial charge in [0.2, 0.25) is 0 Å². The van der Waals surface area contributed by atoms with Crippen LogP contribution in [0.1, 0.15) is 24.9 Å². The molecular weight excluding hydrogens is 222 g/mol. The summed E-state index contributed by atoms with van der Waals surface area (Å²) >= 11 is 5.99. The van der Waals surface area contributed by atoms with Crippen LogP contribution in [0.2, 0.25) is 5.02 Å². The highest BCUT2D eigenvalue weighted by Gasteiger charge is 2.24. The van der Waals surface area contributed by atoms with Crippen molar-refractivity contribution >= 4 is 11.6 Å². The van der Waals surface area contributed by atoms with Crippen molar-refractivity contribution in [3.05, 3.63) is 46.6 Å². The molecule has 0 aliphatic carbocycles. The third kappa shape index (κ3) is 2.23. The minimum atomic E-state index is -0.361. The van der Waals surface area contributed by atoms with Gasteiger partial charge in [0.05, 0.1) is 12.1 Å². The van der Waals surface area contributed by atoms with Gasteiger partial charge in [0.25, 0.3) is 0 Å². The molecule has 2 nitrogen and oxygen atoms in total. The largest absolute Gasteiger partial charge is 0.389 e. The van der Waals surface area contributed by atoms with Crippen LogP contribution in [-0.4, -0.2) is 23.2 Å². The summed E-state index contributed by atoms with van der Waals surface area (Å²) in [6.07, 6.45) is 2.25. The molecule has 0 aromatic heterocycles. The average molecular weight is 238 g/mol. The molecule has 1 aromatic rings. The molecule has 3 heteroatoms. The number of hydrogen-bond donors (Lipinski definition) is 1. The van der Waals surface area contributed by atoms with Crippen molar-refractivity contribution in [1.82, 2.24) is 4.90 Å². The van der Waals surface area contributed by atoms with Gasteiger partial charge in [-0.15, -0.1) is 0 Å². The molecule has 1 aliphatic rings. The van der Waals surface area contributed by atoms with Crippen LogP contribution in [0.25, 0.3) is 0 Å². The van der Waals surface area contributed by atoms with Gasteiger partial charge in [-0.25, -0.2) is 0 Å². The Hall–Kier alpha value is -0.990. The summed E-state index contributed by atoms with van der Waals surface area (Å²) in [5, 5.41) is 10.5. The Morgan fingerprint density at radius 1 is 1.44 bits per heavy atom. The van der Waals surface area contributed by atoms with Crippen molar-refractivity contribution in [1.29, 1.82) is 0 Å². The number of hydrogen-bond acceptors (Lipinski definition) is 2. The van der Waals surface area contributed by atoms with Gasteiger partial charge in [-0.05, 0) is 30.7 Å². The highest BCUT2D eigenvalue weighted by atomic mass is 35.5. The lowest BCUT2D eigenvalue weighted by molar-refractivity contribution is 0.140. The monoisotopic (exact) mass is 237 g/mol. The van der Waals surface area contributed by atoms with E-state index in [9.17, 15) is 5.11 Å². The van der Waals surface area contributed by atoms with Crippen LogP contribution in [0.3, 0.4) is 0 Å². The summed E-state index contributed by atoms with van der Waals surface area (Å²) < 4.78 is 0. The second kappa shape index (κ2) is 4.48. The molecule has 1 N–H and O–H groups in total. The van der Waals surface area contributed by atoms with E-state index in [1.54, 1.807) is 0 Å². The maximum atomic E-state index is 9.76. The Morgan fingerprint density at radius 3 is 2.88 bits per heavy atom. The lowest BCUT2D eigenvalue weighted by atomic mass is 9.95. The minimum absolute atomic E-state index is 0.207. The third-order valence-electron chi connectivity index (χ3n) is 3.16. The first-order valence-electron chi connectivity index (χ1n) is 5.42. The highest BCUT2D eigenvalue weighted by Crippen LogP contribution is 2.32. The predicted molar refractivity (Wildman–Crippen MR) is 66.3 cm³/mol. The molecule has 0 unspecified atom stereocenters. The van der Waals surface area contributed by atoms with Crippen LogP contribution < -0.4 is 0 Å². The molecule has 0 bridgehead atoms. The van der Waals surface area contributed by atoms with Gasteiger partial charge < -0.3 is 10.0 Å². The van der Waals surface area contributed by atoms with Gasteiger partial charge in [0.1, 0.15) is 0 Å². The SMILES string of the molecule is CC1=C[C@@H](O)C[C@H](c2cccc(Cl)c2)N1C. The van der Waals surface area contributed by atoms with Crippen molar-refractivity contribution in [2.75, 3.05) is 7.05 Å². The fourth-order valence-electron chi connectivity index (χ4n) is 2.17. The molecule has 86 valence electrons. The van der Waals surface area contributed by atoms with Gasteiger partial charge in [-0.3, -0.25) is 0 Å². The van der Waals surface area contributed by atoms with Gasteiger partial charge in [0, 0.05) is 24.2 Å². The molecule has 0 saturated heterocycles. The van der Waals surface area contributed by atoms with Crippen molar-refractivity contribution in [2.24, 2.45) is 0 Å². The second-order valence-corrected chi connectivity index (χ2v) is 4.73. The molecule has 0 radical (unpaired) electrons. The first-order valence-corrected chi connectivity index (χ1v) is 5.80. The number of rotatable bonds is 1. The Kier molecular flexibility index (Phi) is 3.22. The zero-order valence-corrected chi connectivity index (χ0v) is 10.3. The average Bonchev–Trinajstić information content (AvgIpc) is 2.23. The van der Waals surface area contributed by atoms with Gasteiger partial charge in [-0.1, -0.05) is 23.7 Å². The first kappa shape index (κ1) is 11.5. The number of aliphatic hydroxyl groups is 1. The lowest BCUT2D eigenvalue weighted by Crippen LogP contribution is -2.31. The summed E-state index contributed by atoms with van der Waals surface area (Å²) in [5.41, 5.74) is 2.25. The fourth-order valence-corrected chi connectivity index (χ4v) is 2.37. The molecule has 1 aliphatic heterocycles. The fraction of sp³-hybridized carbons (Fsp3) is 0.385. The number of aliphatic hydroxyl groups excluding tert-OH is 1. The van der Waals surface area contributed by atoms with Gasteiger partial charge in [0.15, 0.2) is 0 Å². The first-order chi connectivity index (χ1) is 7.58. The molecule has 0 saturated carbocycles. The van der Waals surface area contributed by atoms with Gasteiger partial charge >= 0.3 is 0 Å². The Morgan fingerprint density at radius 2 is 2.19 bits per heavy atom. The summed E-state index contributed by atoms with van der Waals surface area (Å²) in [4.78, 5) is 2.18. The van der Waals surface area contributed by atoms with Crippen molar-refractivity contribution in [3.63, 3.8) is 0 Å². The van der Waals surface area contributed by atoms with Crippen LogP contribution in [-0.2, 0) is 0 Å². The van der Waals surface area contributed by atoms with Crippen LogP contribution in [0.5, 0.6) is 0 Å². The van der Waals surface area contributed by atoms with Crippen LogP contribution >= 0.6 is 11.6 Å². The zero-order chi connectivity index (χ0) is 11.7. The normalized spacial score (nSPS) is 25.5. The van der Waals surface area contributed by atoms with Crippen LogP contribution in [0.4, 0.5) is 0 Å². The highest BCUT2D eigenvalue weighted by molar-refractivity contribution is 6.30. The van der Waals surface area contributed by atoms with E-state index in [4.69, 9.17) is 11.6 Å². The topological polar surface area (TPSA) is 23.5 Å². The Bertz CT molecular complexity index is 416. The van der Waals surface area contributed by atoms with E-state index in [1.165, 1.54) is 0 Å². The standard InChI is InChI=1S/C13H16ClNO/c1-9-6-12(16)8-13(15(9)2)10-4-3-5-11(14)7-10/h3-7,12-13,16H,8H2,1-2H3/t12-,13-/m1/s1. The zero-order valence-electron chi connectivity index (χ0n) is 9.52. The lowest BCUT2D eigenvalue weighted by Gasteiger charge is -2.36. The summed E-state index contributed by atoms with van der Waals surface area (Å²) in [7, 11) is 2.04. The molecule has 2 rings (SSSR count). The van der Waals surface area contributed by atoms with Crippen LogP contribution in [0.15, 0.2) is 36.0 Å². The summed E-state index contributed by atoms with van der Waals surface area (Å²) in [5.74, 6) is 0. The number of benzene rings is 1. The van der Waals surface area contributed by atoms with Crippen molar-refractivity contribution in [2.45, 2.75) is 25.5 Å². The predicted octanol–water partition coefficient (Wildman–Crippen LogP) is 2.98. The van der Waals surface area contributed by atoms with Crippen molar-refractivity contribution < 1.29 is 5.11 Å². The van der Waals surface area contributed by atoms with Crippen molar-refractivity contribution in [3.8, 4) is 0 Å². The van der Waals surface area contributed by atoms with E-state index in [1.807, 2.05) is 38.2 Å². The van der Waals surface area contributed by atoms with E-state index in [0.717, 1.165) is 16.3 Å². The number of halogens is 1. The molecule has 2 atom stereocenters. The summed E-state index contributed by atoms with van der Waals surface area (Å²) in [6.45, 7) is 2.01. The molecule has 0 fully saturated rings. The second-order valence-electron chi connectivity index (χ2n) is 4.29. The molecule has 0 spiro atoms. The van der Waals surface area contributed by atoms with E-state index >= 15 is 0 Å². The molecular formula is C13H16ClNO. The maximum Gasteiger partial charge on any atom is 0.0763 e. The van der Waals surface area contributed by atoms with Gasteiger partial charge in [-0.2, -0.15) is 0 Å². The van der Waals surface area contributed by atoms with Crippen LogP contribution in [0, 0.1) is 0 Å². The van der Waals surface area contributed by atoms with E-state index in [-0.39, 0.29) is 12.1 Å². The Balaban J connectivity index is 2.31. The third-order valence-corrected chi connectivity index (χ3v) is 3.39. The molecule has 1 aromatic carbocycles. The molecule has 1 heterocycles. The van der Waals surface area contributed by atoms with E-state index in [0.29, 0.717) is 6.42 Å². The van der Waals surface area contributed by atoms with E-state index in [2.05, 4.69) is 11.0 Å². The Labute approximate surface area is 101 Å². The number of nitrogens with zero attached hydrogens (tertiary/aromatic N) is 1. The maximum absolute atomic E-state index is 9.76. The summed E-state index contributed by atoms with van der Waals surface area (Å²) in [6, 6.07) is 8.05. The minimum Gasteiger partial charge on any atom is -0.389 e. The molecule has 16 heavy (non-hydrogen) atoms. The smallest absolute Gasteiger partial charge is 0.0763 e. The van der Waals surface area contributed by atoms with E-state index < -0.39 is 0 Å². The molecule has 0 amide bonds. The quantitative estimate of drug-likeness (QED) is 0.812. The number of allylic oxidation sites excluding steroid dienone is 1.